The molecule has 0 unspecified atom stereocenters. The van der Waals surface area contributed by atoms with Crippen molar-refractivity contribution in [2.45, 2.75) is 72.6 Å². The third-order valence-electron chi connectivity index (χ3n) is 6.14. The van der Waals surface area contributed by atoms with Gasteiger partial charge in [0.25, 0.3) is 0 Å². The number of amides is 1. The molecule has 2 aromatic heterocycles. The van der Waals surface area contributed by atoms with Gasteiger partial charge in [0.2, 0.25) is 5.91 Å². The molecule has 6 nitrogen and oxygen atoms in total. The lowest BCUT2D eigenvalue weighted by Gasteiger charge is -2.25. The third kappa shape index (κ3) is 5.82. The Morgan fingerprint density at radius 3 is 2.17 bits per heavy atom. The second-order valence-electron chi connectivity index (χ2n) is 10.9. The number of hydrogen-bond acceptors (Lipinski definition) is 4. The molecule has 35 heavy (non-hydrogen) atoms. The van der Waals surface area contributed by atoms with Crippen LogP contribution in [0.1, 0.15) is 72.3 Å². The maximum atomic E-state index is 13.2. The second kappa shape index (κ2) is 10.3. The number of ether oxygens (including phenoxy) is 1. The highest BCUT2D eigenvalue weighted by Crippen LogP contribution is 2.34. The van der Waals surface area contributed by atoms with Crippen molar-refractivity contribution in [2.24, 2.45) is 0 Å². The highest BCUT2D eigenvalue weighted by molar-refractivity contribution is 5.85. The highest BCUT2D eigenvalue weighted by Gasteiger charge is 2.28. The van der Waals surface area contributed by atoms with Gasteiger partial charge in [0, 0.05) is 35.0 Å². The van der Waals surface area contributed by atoms with Crippen LogP contribution in [0.5, 0.6) is 5.75 Å². The van der Waals surface area contributed by atoms with Crippen LogP contribution >= 0.6 is 0 Å². The fourth-order valence-corrected chi connectivity index (χ4v) is 4.08. The van der Waals surface area contributed by atoms with Gasteiger partial charge in [0.1, 0.15) is 19.0 Å². The van der Waals surface area contributed by atoms with Crippen LogP contribution in [0.15, 0.2) is 30.3 Å². The number of carbonyl (C=O) groups is 1. The number of aromatic nitrogens is 3. The van der Waals surface area contributed by atoms with Crippen LogP contribution in [0.2, 0.25) is 0 Å². The largest absolute Gasteiger partial charge is 0.491 e. The molecule has 1 amide bonds. The summed E-state index contributed by atoms with van der Waals surface area (Å²) in [4.78, 5) is 20.1. The van der Waals surface area contributed by atoms with Crippen LogP contribution < -0.4 is 4.74 Å². The van der Waals surface area contributed by atoms with Gasteiger partial charge >= 0.3 is 0 Å². The standard InChI is InChI=1S/C28H39FN4O2/c1-9-32(10-2)24(34)17-21-25(19-11-13-20(14-12-19)35-16-15-29)31-33-23(28(6,7)8)18-22(27(3,4)5)30-26(21)33/h11-14,18H,9-10,15-17H2,1-8H3. The molecule has 0 bridgehead atoms. The summed E-state index contributed by atoms with van der Waals surface area (Å²) in [6.45, 7) is 17.7. The van der Waals surface area contributed by atoms with Crippen molar-refractivity contribution in [3.63, 3.8) is 0 Å². The van der Waals surface area contributed by atoms with E-state index in [0.29, 0.717) is 18.8 Å². The maximum Gasteiger partial charge on any atom is 0.227 e. The van der Waals surface area contributed by atoms with Crippen molar-refractivity contribution < 1.29 is 13.9 Å². The highest BCUT2D eigenvalue weighted by atomic mass is 19.1. The van der Waals surface area contributed by atoms with Crippen molar-refractivity contribution >= 4 is 11.6 Å². The smallest absolute Gasteiger partial charge is 0.227 e. The Kier molecular flexibility index (Phi) is 7.87. The number of rotatable bonds is 8. The zero-order valence-electron chi connectivity index (χ0n) is 22.4. The number of carbonyl (C=O) groups excluding carboxylic acids is 1. The van der Waals surface area contributed by atoms with E-state index < -0.39 is 6.67 Å². The minimum absolute atomic E-state index is 0.0196. The summed E-state index contributed by atoms with van der Waals surface area (Å²) in [5, 5.41) is 5.01. The Bertz CT molecular complexity index is 1170. The van der Waals surface area contributed by atoms with Gasteiger partial charge in [-0.05, 0) is 44.2 Å². The summed E-state index contributed by atoms with van der Waals surface area (Å²) in [6.07, 6.45) is 0.213. The molecule has 1 aromatic carbocycles. The molecule has 0 spiro atoms. The summed E-state index contributed by atoms with van der Waals surface area (Å²) in [5.41, 5.74) is 4.78. The number of likely N-dealkylation sites (N-methyl/N-ethyl adjacent to an activating group) is 1. The molecule has 0 N–H and O–H groups in total. The number of alkyl halides is 1. The minimum Gasteiger partial charge on any atom is -0.491 e. The van der Waals surface area contributed by atoms with Gasteiger partial charge in [-0.1, -0.05) is 41.5 Å². The first-order valence-electron chi connectivity index (χ1n) is 12.4. The first-order chi connectivity index (χ1) is 16.4. The zero-order chi connectivity index (χ0) is 26.0. The lowest BCUT2D eigenvalue weighted by molar-refractivity contribution is -0.130. The minimum atomic E-state index is -0.539. The molecular weight excluding hydrogens is 443 g/mol. The van der Waals surface area contributed by atoms with Gasteiger partial charge in [0.05, 0.1) is 23.5 Å². The monoisotopic (exact) mass is 482 g/mol. The van der Waals surface area contributed by atoms with E-state index in [1.54, 1.807) is 0 Å². The third-order valence-corrected chi connectivity index (χ3v) is 6.14. The van der Waals surface area contributed by atoms with Gasteiger partial charge in [-0.2, -0.15) is 5.10 Å². The first-order valence-corrected chi connectivity index (χ1v) is 12.4. The van der Waals surface area contributed by atoms with E-state index in [-0.39, 0.29) is 29.8 Å². The molecule has 3 aromatic rings. The molecule has 0 aliphatic heterocycles. The molecule has 2 heterocycles. The van der Waals surface area contributed by atoms with E-state index in [9.17, 15) is 9.18 Å². The summed E-state index contributed by atoms with van der Waals surface area (Å²) in [6, 6.07) is 9.56. The molecule has 0 aliphatic rings. The zero-order valence-corrected chi connectivity index (χ0v) is 22.4. The van der Waals surface area contributed by atoms with Crippen molar-refractivity contribution in [3.05, 3.63) is 47.3 Å². The van der Waals surface area contributed by atoms with Crippen LogP contribution in [0.3, 0.4) is 0 Å². The molecular formula is C28H39FN4O2. The van der Waals surface area contributed by atoms with E-state index in [0.717, 1.165) is 33.9 Å². The number of halogens is 1. The fourth-order valence-electron chi connectivity index (χ4n) is 4.08. The average Bonchev–Trinajstić information content (AvgIpc) is 3.15. The maximum absolute atomic E-state index is 13.2. The molecule has 190 valence electrons. The van der Waals surface area contributed by atoms with Gasteiger partial charge in [-0.3, -0.25) is 4.79 Å². The van der Waals surface area contributed by atoms with Crippen molar-refractivity contribution in [2.75, 3.05) is 26.4 Å². The summed E-state index contributed by atoms with van der Waals surface area (Å²) >= 11 is 0. The van der Waals surface area contributed by atoms with E-state index >= 15 is 0 Å². The Labute approximate surface area is 208 Å². The summed E-state index contributed by atoms with van der Waals surface area (Å²) in [5.74, 6) is 0.647. The summed E-state index contributed by atoms with van der Waals surface area (Å²) in [7, 11) is 0. The number of nitrogens with zero attached hydrogens (tertiary/aromatic N) is 4. The van der Waals surface area contributed by atoms with Crippen LogP contribution in [-0.2, 0) is 22.0 Å². The van der Waals surface area contributed by atoms with Crippen LogP contribution in [0.25, 0.3) is 16.9 Å². The van der Waals surface area contributed by atoms with Crippen molar-refractivity contribution in [1.29, 1.82) is 0 Å². The molecule has 0 atom stereocenters. The molecule has 7 heteroatoms. The van der Waals surface area contributed by atoms with Gasteiger partial charge in [-0.25, -0.2) is 13.9 Å². The Hall–Kier alpha value is -2.96. The lowest BCUT2D eigenvalue weighted by Crippen LogP contribution is -2.32. The topological polar surface area (TPSA) is 59.7 Å². The summed E-state index contributed by atoms with van der Waals surface area (Å²) < 4.78 is 19.8. The van der Waals surface area contributed by atoms with Crippen molar-refractivity contribution in [3.8, 4) is 17.0 Å². The quantitative estimate of drug-likeness (QED) is 0.410. The second-order valence-corrected chi connectivity index (χ2v) is 10.9. The normalized spacial score (nSPS) is 12.3. The van der Waals surface area contributed by atoms with Crippen LogP contribution in [0.4, 0.5) is 4.39 Å². The molecule has 0 radical (unpaired) electrons. The molecule has 0 aliphatic carbocycles. The van der Waals surface area contributed by atoms with Gasteiger partial charge in [0.15, 0.2) is 5.65 Å². The SMILES string of the molecule is CCN(CC)C(=O)Cc1c(-c2ccc(OCCF)cc2)nn2c(C(C)(C)C)cc(C(C)(C)C)nc12. The van der Waals surface area contributed by atoms with E-state index in [2.05, 4.69) is 47.6 Å². The predicted molar refractivity (Wildman–Crippen MR) is 139 cm³/mol. The van der Waals surface area contributed by atoms with Crippen molar-refractivity contribution in [1.82, 2.24) is 19.5 Å². The van der Waals surface area contributed by atoms with Gasteiger partial charge in [-0.15, -0.1) is 0 Å². The number of benzene rings is 1. The Morgan fingerprint density at radius 1 is 1.03 bits per heavy atom. The Morgan fingerprint density at radius 2 is 1.66 bits per heavy atom. The van der Waals surface area contributed by atoms with Crippen LogP contribution in [0, 0.1) is 0 Å². The number of hydrogen-bond donors (Lipinski definition) is 0. The first kappa shape index (κ1) is 26.6. The van der Waals surface area contributed by atoms with Gasteiger partial charge < -0.3 is 9.64 Å². The van der Waals surface area contributed by atoms with E-state index in [4.69, 9.17) is 14.8 Å². The Balaban J connectivity index is 2.28. The predicted octanol–water partition coefficient (Wildman–Crippen LogP) is 5.75. The molecule has 0 saturated carbocycles. The average molecular weight is 483 g/mol. The van der Waals surface area contributed by atoms with E-state index in [1.807, 2.05) is 47.5 Å². The molecule has 0 saturated heterocycles. The molecule has 3 rings (SSSR count). The fraction of sp³-hybridized carbons (Fsp3) is 0.536. The number of fused-ring (bicyclic) bond motifs is 1. The van der Waals surface area contributed by atoms with Crippen LogP contribution in [-0.4, -0.2) is 51.8 Å². The molecule has 0 fully saturated rings. The van der Waals surface area contributed by atoms with E-state index in [1.165, 1.54) is 0 Å². The lowest BCUT2D eigenvalue weighted by atomic mass is 9.86.